The molecule has 0 radical (unpaired) electrons. The minimum absolute atomic E-state index is 0.230. The molecule has 0 saturated carbocycles. The van der Waals surface area contributed by atoms with Crippen LogP contribution in [0.1, 0.15) is 40.4 Å². The molecule has 23 heavy (non-hydrogen) atoms. The van der Waals surface area contributed by atoms with Crippen LogP contribution in [0.5, 0.6) is 0 Å². The quantitative estimate of drug-likeness (QED) is 0.613. The molecular formula is C17H23N4O2+. The molecule has 2 aromatic rings. The SMILES string of the molecule is CC[NH+](CC)CCNC(=O)c1ccccc1C(=O)c1ncc[nH]1. The average Bonchev–Trinajstić information content (AvgIpc) is 3.12. The van der Waals surface area contributed by atoms with Gasteiger partial charge in [-0.3, -0.25) is 9.59 Å². The number of carbonyl (C=O) groups excluding carboxylic acids is 2. The maximum Gasteiger partial charge on any atom is 0.252 e. The van der Waals surface area contributed by atoms with E-state index in [2.05, 4.69) is 29.1 Å². The third-order valence-corrected chi connectivity index (χ3v) is 3.89. The Hall–Kier alpha value is -2.47. The van der Waals surface area contributed by atoms with Crippen molar-refractivity contribution in [2.45, 2.75) is 13.8 Å². The van der Waals surface area contributed by atoms with Gasteiger partial charge in [-0.05, 0) is 19.9 Å². The van der Waals surface area contributed by atoms with E-state index in [1.54, 1.807) is 30.5 Å². The van der Waals surface area contributed by atoms with Crippen molar-refractivity contribution in [3.05, 3.63) is 53.6 Å². The highest BCUT2D eigenvalue weighted by Crippen LogP contribution is 2.12. The van der Waals surface area contributed by atoms with Gasteiger partial charge in [0.2, 0.25) is 5.78 Å². The lowest BCUT2D eigenvalue weighted by molar-refractivity contribution is -0.895. The second kappa shape index (κ2) is 8.24. The molecule has 0 spiro atoms. The minimum atomic E-state index is -0.282. The van der Waals surface area contributed by atoms with Crippen LogP contribution in [0.2, 0.25) is 0 Å². The van der Waals surface area contributed by atoms with Gasteiger partial charge in [0.15, 0.2) is 5.82 Å². The second-order valence-corrected chi connectivity index (χ2v) is 5.28. The van der Waals surface area contributed by atoms with Crippen molar-refractivity contribution in [1.29, 1.82) is 0 Å². The zero-order chi connectivity index (χ0) is 16.7. The predicted molar refractivity (Wildman–Crippen MR) is 87.7 cm³/mol. The zero-order valence-electron chi connectivity index (χ0n) is 13.6. The van der Waals surface area contributed by atoms with Crippen LogP contribution in [0, 0.1) is 0 Å². The van der Waals surface area contributed by atoms with Crippen LogP contribution in [-0.4, -0.2) is 47.8 Å². The lowest BCUT2D eigenvalue weighted by atomic mass is 10.0. The van der Waals surface area contributed by atoms with Gasteiger partial charge >= 0.3 is 0 Å². The van der Waals surface area contributed by atoms with Crippen molar-refractivity contribution in [1.82, 2.24) is 15.3 Å². The summed E-state index contributed by atoms with van der Waals surface area (Å²) in [4.78, 5) is 33.0. The van der Waals surface area contributed by atoms with Gasteiger partial charge in [0, 0.05) is 18.0 Å². The van der Waals surface area contributed by atoms with Gasteiger partial charge in [-0.1, -0.05) is 18.2 Å². The standard InChI is InChI=1S/C17H22N4O2/c1-3-21(4-2)12-11-20-17(23)14-8-6-5-7-13(14)15(22)16-18-9-10-19-16/h5-10H,3-4,11-12H2,1-2H3,(H,18,19)(H,20,23)/p+1. The van der Waals surface area contributed by atoms with Crippen molar-refractivity contribution in [2.75, 3.05) is 26.2 Å². The highest BCUT2D eigenvalue weighted by molar-refractivity contribution is 6.13. The number of carbonyl (C=O) groups is 2. The van der Waals surface area contributed by atoms with Gasteiger partial charge in [0.25, 0.3) is 5.91 Å². The Morgan fingerprint density at radius 1 is 1.17 bits per heavy atom. The summed E-state index contributed by atoms with van der Waals surface area (Å²) in [5.74, 6) is -0.278. The summed E-state index contributed by atoms with van der Waals surface area (Å²) in [5, 5.41) is 2.90. The van der Waals surface area contributed by atoms with Crippen molar-refractivity contribution in [2.24, 2.45) is 0 Å². The van der Waals surface area contributed by atoms with E-state index in [1.165, 1.54) is 11.1 Å². The molecule has 6 heteroatoms. The number of hydrogen-bond acceptors (Lipinski definition) is 3. The highest BCUT2D eigenvalue weighted by atomic mass is 16.2. The first kappa shape index (κ1) is 16.9. The van der Waals surface area contributed by atoms with Crippen LogP contribution in [0.3, 0.4) is 0 Å². The Kier molecular flexibility index (Phi) is 6.05. The first-order chi connectivity index (χ1) is 11.2. The molecule has 0 aliphatic heterocycles. The monoisotopic (exact) mass is 315 g/mol. The van der Waals surface area contributed by atoms with Crippen molar-refractivity contribution in [3.8, 4) is 0 Å². The third kappa shape index (κ3) is 4.26. The van der Waals surface area contributed by atoms with Crippen LogP contribution in [0.25, 0.3) is 0 Å². The molecule has 0 saturated heterocycles. The fourth-order valence-corrected chi connectivity index (χ4v) is 2.45. The summed E-state index contributed by atoms with van der Waals surface area (Å²) < 4.78 is 0. The van der Waals surface area contributed by atoms with E-state index < -0.39 is 0 Å². The minimum Gasteiger partial charge on any atom is -0.346 e. The lowest BCUT2D eigenvalue weighted by Gasteiger charge is -2.15. The summed E-state index contributed by atoms with van der Waals surface area (Å²) in [6, 6.07) is 6.81. The first-order valence-electron chi connectivity index (χ1n) is 7.92. The number of nitrogens with zero attached hydrogens (tertiary/aromatic N) is 1. The largest absolute Gasteiger partial charge is 0.346 e. The molecule has 2 rings (SSSR count). The van der Waals surface area contributed by atoms with Gasteiger partial charge in [0.1, 0.15) is 0 Å². The Labute approximate surface area is 135 Å². The Balaban J connectivity index is 2.08. The lowest BCUT2D eigenvalue weighted by Crippen LogP contribution is -3.12. The van der Waals surface area contributed by atoms with Crippen LogP contribution in [0.4, 0.5) is 0 Å². The normalized spacial score (nSPS) is 10.7. The van der Waals surface area contributed by atoms with E-state index in [4.69, 9.17) is 0 Å². The smallest absolute Gasteiger partial charge is 0.252 e. The number of quaternary nitrogens is 1. The first-order valence-corrected chi connectivity index (χ1v) is 7.92. The third-order valence-electron chi connectivity index (χ3n) is 3.89. The number of aromatic amines is 1. The van der Waals surface area contributed by atoms with E-state index in [1.807, 2.05) is 0 Å². The molecule has 0 bridgehead atoms. The van der Waals surface area contributed by atoms with Gasteiger partial charge in [0.05, 0.1) is 31.7 Å². The summed E-state index contributed by atoms with van der Waals surface area (Å²) in [6.45, 7) is 7.75. The van der Waals surface area contributed by atoms with Gasteiger partial charge in [-0.25, -0.2) is 4.98 Å². The van der Waals surface area contributed by atoms with Gasteiger partial charge in [-0.2, -0.15) is 0 Å². The molecule has 1 aromatic carbocycles. The van der Waals surface area contributed by atoms with E-state index in [0.717, 1.165) is 19.6 Å². The Morgan fingerprint density at radius 3 is 2.48 bits per heavy atom. The molecule has 3 N–H and O–H groups in total. The number of nitrogens with one attached hydrogen (secondary N) is 3. The number of amides is 1. The maximum absolute atomic E-state index is 12.4. The van der Waals surface area contributed by atoms with E-state index in [-0.39, 0.29) is 17.5 Å². The van der Waals surface area contributed by atoms with E-state index >= 15 is 0 Å². The number of aromatic nitrogens is 2. The molecule has 0 fully saturated rings. The van der Waals surface area contributed by atoms with E-state index in [0.29, 0.717) is 17.7 Å². The number of hydrogen-bond donors (Lipinski definition) is 3. The van der Waals surface area contributed by atoms with E-state index in [9.17, 15) is 9.59 Å². The number of imidazole rings is 1. The predicted octanol–water partition coefficient (Wildman–Crippen LogP) is 0.295. The molecule has 122 valence electrons. The topological polar surface area (TPSA) is 79.3 Å². The fraction of sp³-hybridized carbons (Fsp3) is 0.353. The second-order valence-electron chi connectivity index (χ2n) is 5.28. The summed E-state index contributed by atoms with van der Waals surface area (Å²) in [7, 11) is 0. The van der Waals surface area contributed by atoms with Crippen molar-refractivity contribution < 1.29 is 14.5 Å². The molecule has 0 atom stereocenters. The summed E-state index contributed by atoms with van der Waals surface area (Å²) >= 11 is 0. The molecule has 6 nitrogen and oxygen atoms in total. The zero-order valence-corrected chi connectivity index (χ0v) is 13.6. The fourth-order valence-electron chi connectivity index (χ4n) is 2.45. The molecule has 0 aliphatic carbocycles. The van der Waals surface area contributed by atoms with Crippen LogP contribution >= 0.6 is 0 Å². The van der Waals surface area contributed by atoms with Crippen LogP contribution in [0.15, 0.2) is 36.7 Å². The number of rotatable bonds is 8. The maximum atomic E-state index is 12.4. The Bertz CT molecular complexity index is 648. The summed E-state index contributed by atoms with van der Waals surface area (Å²) in [5.41, 5.74) is 0.735. The van der Waals surface area contributed by atoms with Crippen LogP contribution < -0.4 is 10.2 Å². The van der Waals surface area contributed by atoms with Crippen molar-refractivity contribution in [3.63, 3.8) is 0 Å². The molecule has 0 unspecified atom stereocenters. The number of likely N-dealkylation sites (N-methyl/N-ethyl adjacent to an activating group) is 1. The average molecular weight is 315 g/mol. The van der Waals surface area contributed by atoms with Gasteiger partial charge in [-0.15, -0.1) is 0 Å². The molecule has 1 heterocycles. The number of benzene rings is 1. The highest BCUT2D eigenvalue weighted by Gasteiger charge is 2.19. The Morgan fingerprint density at radius 2 is 1.87 bits per heavy atom. The molecular weight excluding hydrogens is 292 g/mol. The van der Waals surface area contributed by atoms with Crippen molar-refractivity contribution >= 4 is 11.7 Å². The van der Waals surface area contributed by atoms with Crippen LogP contribution in [-0.2, 0) is 0 Å². The molecule has 0 aliphatic rings. The number of H-pyrrole nitrogens is 1. The molecule has 1 aromatic heterocycles. The number of ketones is 1. The van der Waals surface area contributed by atoms with Gasteiger partial charge < -0.3 is 15.2 Å². The molecule has 1 amide bonds. The summed E-state index contributed by atoms with van der Waals surface area (Å²) in [6.07, 6.45) is 3.10.